The molecule has 5 nitrogen and oxygen atoms in total. The number of aromatic amines is 1. The van der Waals surface area contributed by atoms with Crippen molar-refractivity contribution in [1.29, 1.82) is 0 Å². The first kappa shape index (κ1) is 17.5. The van der Waals surface area contributed by atoms with Gasteiger partial charge in [-0.05, 0) is 6.04 Å². The fourth-order valence-electron chi connectivity index (χ4n) is 1.19. The zero-order chi connectivity index (χ0) is 13.1. The molecule has 0 spiro atoms. The Morgan fingerprint density at radius 1 is 1.33 bits per heavy atom. The summed E-state index contributed by atoms with van der Waals surface area (Å²) in [6, 6.07) is 1.05. The van der Waals surface area contributed by atoms with Gasteiger partial charge in [0.25, 0.3) is 0 Å². The van der Waals surface area contributed by atoms with Crippen molar-refractivity contribution >= 4 is 8.07 Å². The minimum Gasteiger partial charge on any atom is -0.388 e. The molecule has 1 heterocycles. The SMILES string of the molecule is Cc1[c-]n(COCC[Si](C)(C)C)c(=O)[nH]c1=O.[Li+]. The molecular weight excluding hydrogens is 243 g/mol. The van der Waals surface area contributed by atoms with Crippen LogP contribution in [0.25, 0.3) is 0 Å². The molecule has 0 atom stereocenters. The smallest absolute Gasteiger partial charge is 0.388 e. The molecule has 0 bridgehead atoms. The number of H-pyrrole nitrogens is 1. The molecule has 1 N–H and O–H groups in total. The summed E-state index contributed by atoms with van der Waals surface area (Å²) in [7, 11) is -1.11. The van der Waals surface area contributed by atoms with Crippen LogP contribution in [0, 0.1) is 13.1 Å². The maximum absolute atomic E-state index is 11.4. The Morgan fingerprint density at radius 3 is 2.50 bits per heavy atom. The normalized spacial score (nSPS) is 11.1. The average Bonchev–Trinajstić information content (AvgIpc) is 2.18. The van der Waals surface area contributed by atoms with Gasteiger partial charge >= 0.3 is 18.9 Å². The Morgan fingerprint density at radius 2 is 1.94 bits per heavy atom. The molecule has 18 heavy (non-hydrogen) atoms. The number of aryl methyl sites for hydroxylation is 1. The van der Waals surface area contributed by atoms with E-state index in [-0.39, 0.29) is 25.6 Å². The minimum absolute atomic E-state index is 0. The summed E-state index contributed by atoms with van der Waals surface area (Å²) in [5.41, 5.74) is -0.486. The van der Waals surface area contributed by atoms with E-state index in [1.165, 1.54) is 4.57 Å². The average molecular weight is 262 g/mol. The summed E-state index contributed by atoms with van der Waals surface area (Å²) in [4.78, 5) is 24.7. The third-order valence-corrected chi connectivity index (χ3v) is 4.03. The summed E-state index contributed by atoms with van der Waals surface area (Å²) < 4.78 is 6.67. The van der Waals surface area contributed by atoms with E-state index in [1.54, 1.807) is 6.92 Å². The second kappa shape index (κ2) is 7.14. The molecule has 0 aliphatic carbocycles. The standard InChI is InChI=1S/C11H19N2O3Si.Li/c1-9-7-13(11(15)12-10(9)14)8-16-5-6-17(2,3)4;/h5-6,8H2,1-4H3,(H,12,14,15);/q-1;+1. The van der Waals surface area contributed by atoms with Gasteiger partial charge in [-0.2, -0.15) is 0 Å². The van der Waals surface area contributed by atoms with Crippen LogP contribution in [0.15, 0.2) is 9.59 Å². The summed E-state index contributed by atoms with van der Waals surface area (Å²) in [6.45, 7) is 9.17. The van der Waals surface area contributed by atoms with Gasteiger partial charge in [0.15, 0.2) is 0 Å². The van der Waals surface area contributed by atoms with Crippen molar-refractivity contribution in [3.05, 3.63) is 32.6 Å². The zero-order valence-corrected chi connectivity index (χ0v) is 12.8. The number of ether oxygens (including phenoxy) is 1. The molecule has 0 aliphatic rings. The number of rotatable bonds is 5. The Balaban J connectivity index is 0.00000289. The largest absolute Gasteiger partial charge is 1.00 e. The number of hydrogen-bond donors (Lipinski definition) is 1. The summed E-state index contributed by atoms with van der Waals surface area (Å²) in [5, 5.41) is 0. The number of hydrogen-bond acceptors (Lipinski definition) is 3. The van der Waals surface area contributed by atoms with Crippen LogP contribution in [0.5, 0.6) is 0 Å². The molecular formula is C11H19LiN2O3Si. The minimum atomic E-state index is -1.11. The molecule has 0 unspecified atom stereocenters. The Bertz CT molecular complexity index is 490. The first-order chi connectivity index (χ1) is 7.79. The number of nitrogens with one attached hydrogen (secondary N) is 1. The molecule has 1 rings (SSSR count). The van der Waals surface area contributed by atoms with Crippen LogP contribution in [0.4, 0.5) is 0 Å². The predicted molar refractivity (Wildman–Crippen MR) is 69.0 cm³/mol. The van der Waals surface area contributed by atoms with E-state index in [0.29, 0.717) is 12.2 Å². The van der Waals surface area contributed by atoms with Gasteiger partial charge in [-0.25, -0.2) is 0 Å². The van der Waals surface area contributed by atoms with Gasteiger partial charge in [0.2, 0.25) is 5.69 Å². The van der Waals surface area contributed by atoms with Gasteiger partial charge < -0.3 is 23.9 Å². The second-order valence-corrected chi connectivity index (χ2v) is 10.9. The maximum Gasteiger partial charge on any atom is 1.00 e. The second-order valence-electron chi connectivity index (χ2n) is 5.27. The molecule has 0 saturated heterocycles. The van der Waals surface area contributed by atoms with Crippen molar-refractivity contribution in [3.8, 4) is 0 Å². The van der Waals surface area contributed by atoms with Crippen LogP contribution >= 0.6 is 0 Å². The topological polar surface area (TPSA) is 64.1 Å². The first-order valence-electron chi connectivity index (χ1n) is 5.60. The summed E-state index contributed by atoms with van der Waals surface area (Å²) in [6.07, 6.45) is 2.69. The zero-order valence-electron chi connectivity index (χ0n) is 11.8. The fourth-order valence-corrected chi connectivity index (χ4v) is 1.94. The van der Waals surface area contributed by atoms with E-state index in [0.717, 1.165) is 6.04 Å². The van der Waals surface area contributed by atoms with Crippen molar-refractivity contribution in [2.75, 3.05) is 6.61 Å². The van der Waals surface area contributed by atoms with Gasteiger partial charge in [0.1, 0.15) is 12.3 Å². The molecule has 0 saturated carbocycles. The van der Waals surface area contributed by atoms with E-state index in [9.17, 15) is 9.59 Å². The molecule has 0 aliphatic heterocycles. The first-order valence-corrected chi connectivity index (χ1v) is 9.31. The molecule has 0 fully saturated rings. The van der Waals surface area contributed by atoms with E-state index in [2.05, 4.69) is 30.8 Å². The molecule has 0 radical (unpaired) electrons. The van der Waals surface area contributed by atoms with Crippen LogP contribution in [-0.2, 0) is 11.5 Å². The molecule has 7 heteroatoms. The van der Waals surface area contributed by atoms with Crippen LogP contribution in [0.1, 0.15) is 5.56 Å². The number of aromatic nitrogens is 2. The van der Waals surface area contributed by atoms with Gasteiger partial charge in [-0.1, -0.05) is 38.3 Å². The van der Waals surface area contributed by atoms with Crippen LogP contribution < -0.4 is 30.1 Å². The van der Waals surface area contributed by atoms with Crippen molar-refractivity contribution in [3.63, 3.8) is 0 Å². The predicted octanol–water partition coefficient (Wildman–Crippen LogP) is -2.04. The van der Waals surface area contributed by atoms with Crippen LogP contribution in [-0.4, -0.2) is 24.2 Å². The molecule has 96 valence electrons. The summed E-state index contributed by atoms with van der Waals surface area (Å²) in [5.74, 6) is 0. The maximum atomic E-state index is 11.4. The van der Waals surface area contributed by atoms with Gasteiger partial charge in [0.05, 0.1) is 0 Å². The van der Waals surface area contributed by atoms with E-state index < -0.39 is 19.3 Å². The van der Waals surface area contributed by atoms with Crippen molar-refractivity contribution in [1.82, 2.24) is 9.55 Å². The Labute approximate surface area is 120 Å². The third kappa shape index (κ3) is 5.87. The molecule has 0 amide bonds. The van der Waals surface area contributed by atoms with Crippen molar-refractivity contribution in [2.24, 2.45) is 0 Å². The number of nitrogens with zero attached hydrogens (tertiary/aromatic N) is 1. The Kier molecular flexibility index (Phi) is 6.93. The van der Waals surface area contributed by atoms with Crippen molar-refractivity contribution < 1.29 is 23.6 Å². The molecule has 1 aromatic heterocycles. The quantitative estimate of drug-likeness (QED) is 0.378. The fraction of sp³-hybridized carbons (Fsp3) is 0.636. The van der Waals surface area contributed by atoms with Gasteiger partial charge in [-0.3, -0.25) is 0 Å². The van der Waals surface area contributed by atoms with E-state index >= 15 is 0 Å². The summed E-state index contributed by atoms with van der Waals surface area (Å²) >= 11 is 0. The van der Waals surface area contributed by atoms with Gasteiger partial charge in [-0.15, -0.1) is 0 Å². The Hall–Kier alpha value is -0.546. The molecule has 1 aromatic rings. The third-order valence-electron chi connectivity index (χ3n) is 2.33. The van der Waals surface area contributed by atoms with E-state index in [1.807, 2.05) is 0 Å². The van der Waals surface area contributed by atoms with Crippen LogP contribution in [0.3, 0.4) is 0 Å². The monoisotopic (exact) mass is 262 g/mol. The van der Waals surface area contributed by atoms with Gasteiger partial charge in [0, 0.05) is 14.7 Å². The van der Waals surface area contributed by atoms with Crippen LogP contribution in [0.2, 0.25) is 25.7 Å². The van der Waals surface area contributed by atoms with E-state index in [4.69, 9.17) is 4.74 Å². The van der Waals surface area contributed by atoms with Crippen molar-refractivity contribution in [2.45, 2.75) is 39.3 Å². The molecule has 0 aromatic carbocycles.